The van der Waals surface area contributed by atoms with Crippen LogP contribution >= 0.6 is 11.6 Å². The Morgan fingerprint density at radius 2 is 2.26 bits per heavy atom. The molecule has 6 heteroatoms. The van der Waals surface area contributed by atoms with Crippen molar-refractivity contribution in [1.82, 2.24) is 9.97 Å². The van der Waals surface area contributed by atoms with Crippen LogP contribution in [0, 0.1) is 5.92 Å². The number of carbonyl (C=O) groups is 1. The number of nitrogens with two attached hydrogens (primary N) is 1. The maximum absolute atomic E-state index is 11.4. The van der Waals surface area contributed by atoms with Crippen molar-refractivity contribution in [3.8, 4) is 0 Å². The van der Waals surface area contributed by atoms with E-state index in [2.05, 4.69) is 28.7 Å². The number of halogens is 1. The van der Waals surface area contributed by atoms with Crippen LogP contribution in [-0.4, -0.2) is 29.0 Å². The quantitative estimate of drug-likeness (QED) is 0.860. The highest BCUT2D eigenvalue weighted by Crippen LogP contribution is 2.32. The van der Waals surface area contributed by atoms with Gasteiger partial charge in [-0.05, 0) is 18.8 Å². The number of nitrogens with zero attached hydrogens (tertiary/aromatic N) is 3. The van der Waals surface area contributed by atoms with Gasteiger partial charge in [-0.3, -0.25) is 4.79 Å². The van der Waals surface area contributed by atoms with E-state index in [9.17, 15) is 4.79 Å². The molecule has 1 aliphatic heterocycles. The van der Waals surface area contributed by atoms with Crippen LogP contribution < -0.4 is 10.6 Å². The fourth-order valence-corrected chi connectivity index (χ4v) is 2.86. The smallest absolute Gasteiger partial charge is 0.222 e. The minimum atomic E-state index is -0.240. The van der Waals surface area contributed by atoms with Gasteiger partial charge in [0.1, 0.15) is 17.3 Å². The molecule has 0 radical (unpaired) electrons. The first-order chi connectivity index (χ1) is 9.00. The number of anilines is 1. The first-order valence-corrected chi connectivity index (χ1v) is 6.93. The van der Waals surface area contributed by atoms with Gasteiger partial charge in [0.05, 0.1) is 5.92 Å². The van der Waals surface area contributed by atoms with Crippen LogP contribution in [0.1, 0.15) is 38.2 Å². The summed E-state index contributed by atoms with van der Waals surface area (Å²) in [4.78, 5) is 21.9. The SMILES string of the molecule is CC(C)c1c(Cl)ncnc1N1CCCC(C(N)=O)C1. The Kier molecular flexibility index (Phi) is 4.24. The van der Waals surface area contributed by atoms with Crippen LogP contribution in [0.5, 0.6) is 0 Å². The van der Waals surface area contributed by atoms with E-state index in [1.165, 1.54) is 6.33 Å². The highest BCUT2D eigenvalue weighted by atomic mass is 35.5. The molecular weight excluding hydrogens is 264 g/mol. The number of piperidine rings is 1. The topological polar surface area (TPSA) is 72.1 Å². The Hall–Kier alpha value is -1.36. The molecule has 1 atom stereocenters. The van der Waals surface area contributed by atoms with Crippen molar-refractivity contribution < 1.29 is 4.79 Å². The summed E-state index contributed by atoms with van der Waals surface area (Å²) < 4.78 is 0. The zero-order valence-corrected chi connectivity index (χ0v) is 12.0. The number of hydrogen-bond donors (Lipinski definition) is 1. The second kappa shape index (κ2) is 5.74. The van der Waals surface area contributed by atoms with Crippen LogP contribution in [0.3, 0.4) is 0 Å². The molecule has 1 aliphatic rings. The lowest BCUT2D eigenvalue weighted by Crippen LogP contribution is -2.42. The van der Waals surface area contributed by atoms with Crippen LogP contribution in [-0.2, 0) is 4.79 Å². The van der Waals surface area contributed by atoms with Crippen molar-refractivity contribution >= 4 is 23.3 Å². The molecule has 0 saturated carbocycles. The van der Waals surface area contributed by atoms with Gasteiger partial charge in [-0.15, -0.1) is 0 Å². The maximum atomic E-state index is 11.4. The maximum Gasteiger partial charge on any atom is 0.222 e. The molecule has 2 heterocycles. The minimum absolute atomic E-state index is 0.109. The molecule has 1 saturated heterocycles. The highest BCUT2D eigenvalue weighted by molar-refractivity contribution is 6.30. The van der Waals surface area contributed by atoms with Gasteiger partial charge in [-0.1, -0.05) is 25.4 Å². The van der Waals surface area contributed by atoms with Gasteiger partial charge in [0.15, 0.2) is 0 Å². The molecular formula is C13H19ClN4O. The summed E-state index contributed by atoms with van der Waals surface area (Å²) in [6.45, 7) is 5.60. The summed E-state index contributed by atoms with van der Waals surface area (Å²) in [6, 6.07) is 0. The van der Waals surface area contributed by atoms with Gasteiger partial charge in [0.2, 0.25) is 5.91 Å². The predicted molar refractivity (Wildman–Crippen MR) is 75.3 cm³/mol. The Bertz CT molecular complexity index is 478. The molecule has 0 spiro atoms. The normalized spacial score (nSPS) is 19.8. The Morgan fingerprint density at radius 3 is 2.89 bits per heavy atom. The largest absolute Gasteiger partial charge is 0.369 e. The molecule has 0 aromatic carbocycles. The van der Waals surface area contributed by atoms with Crippen molar-refractivity contribution in [3.05, 3.63) is 17.0 Å². The first-order valence-electron chi connectivity index (χ1n) is 6.55. The number of aromatic nitrogens is 2. The summed E-state index contributed by atoms with van der Waals surface area (Å²) in [5, 5.41) is 0.487. The summed E-state index contributed by atoms with van der Waals surface area (Å²) in [5.41, 5.74) is 6.35. The van der Waals surface area contributed by atoms with Gasteiger partial charge < -0.3 is 10.6 Å². The number of primary amides is 1. The summed E-state index contributed by atoms with van der Waals surface area (Å²) >= 11 is 6.17. The van der Waals surface area contributed by atoms with E-state index in [1.54, 1.807) is 0 Å². The standard InChI is InChI=1S/C13H19ClN4O/c1-8(2)10-11(14)16-7-17-13(10)18-5-3-4-9(6-18)12(15)19/h7-9H,3-6H2,1-2H3,(H2,15,19). The van der Waals surface area contributed by atoms with Crippen LogP contribution in [0.4, 0.5) is 5.82 Å². The van der Waals surface area contributed by atoms with Gasteiger partial charge >= 0.3 is 0 Å². The molecule has 2 N–H and O–H groups in total. The van der Waals surface area contributed by atoms with Crippen LogP contribution in [0.15, 0.2) is 6.33 Å². The number of rotatable bonds is 3. The lowest BCUT2D eigenvalue weighted by Gasteiger charge is -2.33. The second-order valence-corrected chi connectivity index (χ2v) is 5.60. The highest BCUT2D eigenvalue weighted by Gasteiger charge is 2.27. The van der Waals surface area contributed by atoms with E-state index >= 15 is 0 Å². The molecule has 19 heavy (non-hydrogen) atoms. The molecule has 1 aromatic rings. The third-order valence-electron chi connectivity index (χ3n) is 3.51. The van der Waals surface area contributed by atoms with Gasteiger partial charge in [-0.2, -0.15) is 0 Å². The monoisotopic (exact) mass is 282 g/mol. The lowest BCUT2D eigenvalue weighted by molar-refractivity contribution is -0.122. The molecule has 1 unspecified atom stereocenters. The van der Waals surface area contributed by atoms with Crippen molar-refractivity contribution in [1.29, 1.82) is 0 Å². The van der Waals surface area contributed by atoms with Gasteiger partial charge in [-0.25, -0.2) is 9.97 Å². The predicted octanol–water partition coefficient (Wildman–Crippen LogP) is 1.96. The van der Waals surface area contributed by atoms with E-state index in [-0.39, 0.29) is 17.7 Å². The third-order valence-corrected chi connectivity index (χ3v) is 3.82. The Morgan fingerprint density at radius 1 is 1.53 bits per heavy atom. The molecule has 1 fully saturated rings. The summed E-state index contributed by atoms with van der Waals surface area (Å²) in [7, 11) is 0. The summed E-state index contributed by atoms with van der Waals surface area (Å²) in [6.07, 6.45) is 3.26. The van der Waals surface area contributed by atoms with Crippen LogP contribution in [0.2, 0.25) is 5.15 Å². The minimum Gasteiger partial charge on any atom is -0.369 e. The number of hydrogen-bond acceptors (Lipinski definition) is 4. The van der Waals surface area contributed by atoms with E-state index in [4.69, 9.17) is 17.3 Å². The van der Waals surface area contributed by atoms with Crippen molar-refractivity contribution in [2.24, 2.45) is 11.7 Å². The van der Waals surface area contributed by atoms with Crippen molar-refractivity contribution in [2.45, 2.75) is 32.6 Å². The van der Waals surface area contributed by atoms with Crippen molar-refractivity contribution in [3.63, 3.8) is 0 Å². The Balaban J connectivity index is 2.31. The molecule has 5 nitrogen and oxygen atoms in total. The fraction of sp³-hybridized carbons (Fsp3) is 0.615. The molecule has 1 aromatic heterocycles. The summed E-state index contributed by atoms with van der Waals surface area (Å²) in [5.74, 6) is 0.719. The number of amides is 1. The zero-order valence-electron chi connectivity index (χ0n) is 11.3. The average Bonchev–Trinajstić information content (AvgIpc) is 2.38. The van der Waals surface area contributed by atoms with Gasteiger partial charge in [0, 0.05) is 18.7 Å². The molecule has 2 rings (SSSR count). The van der Waals surface area contributed by atoms with Gasteiger partial charge in [0.25, 0.3) is 0 Å². The Labute approximate surface area is 118 Å². The van der Waals surface area contributed by atoms with Crippen LogP contribution in [0.25, 0.3) is 0 Å². The van der Waals surface area contributed by atoms with E-state index in [1.807, 2.05) is 0 Å². The first kappa shape index (κ1) is 14.1. The molecule has 0 aliphatic carbocycles. The van der Waals surface area contributed by atoms with E-state index in [0.717, 1.165) is 30.8 Å². The third kappa shape index (κ3) is 2.97. The average molecular weight is 283 g/mol. The van der Waals surface area contributed by atoms with E-state index in [0.29, 0.717) is 11.7 Å². The lowest BCUT2D eigenvalue weighted by atomic mass is 9.96. The van der Waals surface area contributed by atoms with Crippen molar-refractivity contribution in [2.75, 3.05) is 18.0 Å². The molecule has 104 valence electrons. The number of carbonyl (C=O) groups excluding carboxylic acids is 1. The fourth-order valence-electron chi connectivity index (χ4n) is 2.52. The second-order valence-electron chi connectivity index (χ2n) is 5.24. The van der Waals surface area contributed by atoms with E-state index < -0.39 is 0 Å². The molecule has 1 amide bonds. The molecule has 0 bridgehead atoms. The zero-order chi connectivity index (χ0) is 14.0.